The van der Waals surface area contributed by atoms with Crippen LogP contribution in [-0.4, -0.2) is 45.8 Å². The summed E-state index contributed by atoms with van der Waals surface area (Å²) in [5.74, 6) is 0.783. The van der Waals surface area contributed by atoms with Gasteiger partial charge in [0, 0.05) is 89.6 Å². The van der Waals surface area contributed by atoms with Crippen molar-refractivity contribution in [2.45, 2.75) is 13.8 Å². The van der Waals surface area contributed by atoms with Gasteiger partial charge in [-0.1, -0.05) is 18.2 Å². The molecule has 0 unspecified atom stereocenters. The summed E-state index contributed by atoms with van der Waals surface area (Å²) in [6.45, 7) is 3.88. The number of benzene rings is 4. The van der Waals surface area contributed by atoms with E-state index in [9.17, 15) is 9.59 Å². The van der Waals surface area contributed by atoms with E-state index in [2.05, 4.69) is 41.2 Å². The van der Waals surface area contributed by atoms with Crippen LogP contribution < -0.4 is 26.2 Å². The maximum atomic E-state index is 12.8. The molecule has 302 valence electrons. The smallest absolute Gasteiger partial charge is 0.299 e. The van der Waals surface area contributed by atoms with E-state index in [1.165, 1.54) is 0 Å². The fourth-order valence-electron chi connectivity index (χ4n) is 5.88. The Labute approximate surface area is 352 Å². The molecule has 0 spiro atoms. The molecule has 61 heavy (non-hydrogen) atoms. The molecule has 14 nitrogen and oxygen atoms in total. The highest BCUT2D eigenvalue weighted by atomic mass is 16.4. The second-order valence-electron chi connectivity index (χ2n) is 13.9. The Balaban J connectivity index is 0.000000184. The first kappa shape index (κ1) is 40.6. The lowest BCUT2D eigenvalue weighted by atomic mass is 10.1. The highest BCUT2D eigenvalue weighted by molar-refractivity contribution is 6.06. The van der Waals surface area contributed by atoms with Crippen LogP contribution in [0.4, 0.5) is 40.5 Å². The molecule has 0 saturated heterocycles. The van der Waals surface area contributed by atoms with Gasteiger partial charge < -0.3 is 35.0 Å². The van der Waals surface area contributed by atoms with E-state index < -0.39 is 0 Å². The van der Waals surface area contributed by atoms with Crippen molar-refractivity contribution in [3.63, 3.8) is 0 Å². The molecule has 14 heteroatoms. The molecule has 0 atom stereocenters. The Morgan fingerprint density at radius 1 is 0.607 bits per heavy atom. The largest absolute Gasteiger partial charge is 0.423 e. The maximum absolute atomic E-state index is 12.8. The van der Waals surface area contributed by atoms with Gasteiger partial charge in [-0.3, -0.25) is 19.6 Å². The minimum Gasteiger partial charge on any atom is -0.423 e. The summed E-state index contributed by atoms with van der Waals surface area (Å²) in [4.78, 5) is 44.0. The summed E-state index contributed by atoms with van der Waals surface area (Å²) in [6.07, 6.45) is 10.1. The molecule has 8 rings (SSSR count). The van der Waals surface area contributed by atoms with Gasteiger partial charge in [-0.25, -0.2) is 9.97 Å². The van der Waals surface area contributed by atoms with Crippen molar-refractivity contribution in [2.75, 3.05) is 40.3 Å². The molecule has 4 aromatic carbocycles. The van der Waals surface area contributed by atoms with Crippen LogP contribution in [0.15, 0.2) is 155 Å². The third-order valence-electron chi connectivity index (χ3n) is 9.30. The average Bonchev–Trinajstić information content (AvgIpc) is 3.96. The SMILES string of the molecule is Cc1ccc(C(=O)Nc2ccc(C#N)cc2)cc1Nc1ncc(-c2cccnc2)o1.Cc1ccc(C(=O)Nc2cccc(N(C)C)c2)cc1Nc1ncc(-c2ccncc2)o1. The summed E-state index contributed by atoms with van der Waals surface area (Å²) in [5, 5.41) is 20.9. The lowest BCUT2D eigenvalue weighted by Gasteiger charge is -2.14. The number of nitrogens with one attached hydrogen (secondary N) is 4. The first-order chi connectivity index (χ1) is 29.6. The van der Waals surface area contributed by atoms with Gasteiger partial charge in [-0.05, 0) is 116 Å². The van der Waals surface area contributed by atoms with Crippen molar-refractivity contribution in [2.24, 2.45) is 0 Å². The zero-order valence-corrected chi connectivity index (χ0v) is 33.7. The maximum Gasteiger partial charge on any atom is 0.299 e. The molecule has 0 radical (unpaired) electrons. The van der Waals surface area contributed by atoms with Crippen molar-refractivity contribution >= 4 is 52.3 Å². The lowest BCUT2D eigenvalue weighted by molar-refractivity contribution is 0.101. The van der Waals surface area contributed by atoms with Crippen LogP contribution in [0, 0.1) is 25.2 Å². The minimum atomic E-state index is -0.258. The van der Waals surface area contributed by atoms with Crippen LogP contribution in [0.1, 0.15) is 37.4 Å². The molecule has 0 bridgehead atoms. The highest BCUT2D eigenvalue weighted by Gasteiger charge is 2.14. The van der Waals surface area contributed by atoms with E-state index in [1.807, 2.05) is 99.6 Å². The van der Waals surface area contributed by atoms with Gasteiger partial charge in [0.25, 0.3) is 23.8 Å². The number of aromatic nitrogens is 4. The molecule has 0 aliphatic carbocycles. The number of carbonyl (C=O) groups is 2. The summed E-state index contributed by atoms with van der Waals surface area (Å²) in [7, 11) is 3.92. The molecule has 4 N–H and O–H groups in total. The molecule has 0 aliphatic heterocycles. The van der Waals surface area contributed by atoms with Crippen LogP contribution in [-0.2, 0) is 0 Å². The van der Waals surface area contributed by atoms with Crippen molar-refractivity contribution < 1.29 is 18.4 Å². The van der Waals surface area contributed by atoms with Crippen LogP contribution in [0.2, 0.25) is 0 Å². The summed E-state index contributed by atoms with van der Waals surface area (Å²) in [5.41, 5.74) is 8.98. The first-order valence-corrected chi connectivity index (χ1v) is 19.0. The van der Waals surface area contributed by atoms with Crippen LogP contribution >= 0.6 is 0 Å². The number of hydrogen-bond donors (Lipinski definition) is 4. The molecule has 0 aliphatic rings. The van der Waals surface area contributed by atoms with E-state index in [0.717, 1.165) is 39.3 Å². The van der Waals surface area contributed by atoms with E-state index >= 15 is 0 Å². The van der Waals surface area contributed by atoms with Crippen LogP contribution in [0.5, 0.6) is 0 Å². The van der Waals surface area contributed by atoms with Gasteiger partial charge in [0.05, 0.1) is 24.0 Å². The van der Waals surface area contributed by atoms with Crippen molar-refractivity contribution in [1.29, 1.82) is 5.26 Å². The van der Waals surface area contributed by atoms with Crippen molar-refractivity contribution in [3.8, 4) is 28.7 Å². The van der Waals surface area contributed by atoms with E-state index in [0.29, 0.717) is 51.6 Å². The van der Waals surface area contributed by atoms with Crippen LogP contribution in [0.25, 0.3) is 22.6 Å². The topological polar surface area (TPSA) is 187 Å². The molecule has 4 aromatic heterocycles. The standard InChI is InChI=1S/C24H23N5O2.C23H17N5O2/c1-16-7-8-18(23(30)27-19-5-4-6-20(14-19)29(2)3)13-21(16)28-24-26-15-22(31-24)17-9-11-25-12-10-17;1-15-4-7-17(22(29)27-19-8-5-16(12-24)6-9-19)11-20(15)28-23-26-14-21(30-23)18-3-2-10-25-13-18/h4-15H,1-3H3,(H,26,28)(H,27,30);2-11,13-14H,1H3,(H,26,28)(H,27,29). The summed E-state index contributed by atoms with van der Waals surface area (Å²) >= 11 is 0. The number of nitriles is 1. The molecule has 8 aromatic rings. The second kappa shape index (κ2) is 18.8. The van der Waals surface area contributed by atoms with Crippen molar-refractivity contribution in [1.82, 2.24) is 19.9 Å². The van der Waals surface area contributed by atoms with E-state index in [-0.39, 0.29) is 11.8 Å². The second-order valence-corrected chi connectivity index (χ2v) is 13.9. The van der Waals surface area contributed by atoms with Crippen LogP contribution in [0.3, 0.4) is 0 Å². The van der Waals surface area contributed by atoms with E-state index in [4.69, 9.17) is 14.1 Å². The third-order valence-corrected chi connectivity index (χ3v) is 9.30. The number of carbonyl (C=O) groups excluding carboxylic acids is 2. The third kappa shape index (κ3) is 10.5. The Kier molecular flexibility index (Phi) is 12.5. The Hall–Kier alpha value is -8.57. The number of oxazole rings is 2. The quantitative estimate of drug-likeness (QED) is 0.0970. The minimum absolute atomic E-state index is 0.191. The first-order valence-electron chi connectivity index (χ1n) is 19.0. The van der Waals surface area contributed by atoms with Gasteiger partial charge in [0.2, 0.25) is 0 Å². The van der Waals surface area contributed by atoms with Gasteiger partial charge in [-0.15, -0.1) is 0 Å². The van der Waals surface area contributed by atoms with E-state index in [1.54, 1.807) is 85.7 Å². The number of amides is 2. The molecule has 2 amide bonds. The highest BCUT2D eigenvalue weighted by Crippen LogP contribution is 2.28. The number of rotatable bonds is 11. The monoisotopic (exact) mass is 808 g/mol. The number of pyridine rings is 2. The number of hydrogen-bond acceptors (Lipinski definition) is 12. The van der Waals surface area contributed by atoms with Gasteiger partial charge in [0.1, 0.15) is 0 Å². The fraction of sp³-hybridized carbons (Fsp3) is 0.0851. The lowest BCUT2D eigenvalue weighted by Crippen LogP contribution is -2.13. The fourth-order valence-corrected chi connectivity index (χ4v) is 5.88. The molecule has 0 fully saturated rings. The van der Waals surface area contributed by atoms with Gasteiger partial charge >= 0.3 is 0 Å². The average molecular weight is 809 g/mol. The van der Waals surface area contributed by atoms with Gasteiger partial charge in [0.15, 0.2) is 11.5 Å². The molecular weight excluding hydrogens is 769 g/mol. The molecule has 0 saturated carbocycles. The Bertz CT molecular complexity index is 2810. The molecule has 4 heterocycles. The number of aryl methyl sites for hydroxylation is 2. The van der Waals surface area contributed by atoms with Crippen molar-refractivity contribution in [3.05, 3.63) is 174 Å². The number of anilines is 7. The predicted octanol–water partition coefficient (Wildman–Crippen LogP) is 10.0. The zero-order chi connectivity index (χ0) is 42.7. The summed E-state index contributed by atoms with van der Waals surface area (Å²) < 4.78 is 11.6. The zero-order valence-electron chi connectivity index (χ0n) is 33.7. The Morgan fingerprint density at radius 2 is 1.20 bits per heavy atom. The molecular formula is C47H40N10O4. The summed E-state index contributed by atoms with van der Waals surface area (Å²) in [6, 6.07) is 35.3. The normalized spacial score (nSPS) is 10.4. The number of nitrogens with zero attached hydrogens (tertiary/aromatic N) is 6. The predicted molar refractivity (Wildman–Crippen MR) is 236 cm³/mol. The Morgan fingerprint density at radius 3 is 1.75 bits per heavy atom. The van der Waals surface area contributed by atoms with Gasteiger partial charge in [-0.2, -0.15) is 5.26 Å².